The van der Waals surface area contributed by atoms with Crippen LogP contribution >= 0.6 is 0 Å². The average Bonchev–Trinajstić information content (AvgIpc) is 2.33. The monoisotopic (exact) mass is 257 g/mol. The minimum absolute atomic E-state index is 0.113. The summed E-state index contributed by atoms with van der Waals surface area (Å²) in [6.45, 7) is 0.113. The molecule has 0 saturated heterocycles. The molecule has 0 unspecified atom stereocenters. The number of halogens is 3. The first-order valence-corrected chi connectivity index (χ1v) is 4.84. The van der Waals surface area contributed by atoms with Gasteiger partial charge >= 0.3 is 6.18 Å². The molecule has 0 aliphatic carbocycles. The molecule has 1 rings (SSSR count). The molecular formula is C10H10F3N5. The van der Waals surface area contributed by atoms with Gasteiger partial charge in [0, 0.05) is 11.5 Å². The molecule has 3 N–H and O–H groups in total. The Morgan fingerprint density at radius 3 is 2.72 bits per heavy atom. The van der Waals surface area contributed by atoms with E-state index in [0.29, 0.717) is 5.56 Å². The van der Waals surface area contributed by atoms with Crippen LogP contribution in [0.1, 0.15) is 11.1 Å². The molecule has 0 heterocycles. The summed E-state index contributed by atoms with van der Waals surface area (Å²) in [7, 11) is 0. The minimum Gasteiger partial charge on any atom is -0.324 e. The highest BCUT2D eigenvalue weighted by atomic mass is 19.4. The number of nitrogens with zero attached hydrogens (tertiary/aromatic N) is 3. The van der Waals surface area contributed by atoms with Gasteiger partial charge in [0.2, 0.25) is 0 Å². The fourth-order valence-electron chi connectivity index (χ4n) is 1.27. The molecule has 96 valence electrons. The van der Waals surface area contributed by atoms with E-state index in [4.69, 9.17) is 11.4 Å². The van der Waals surface area contributed by atoms with Crippen LogP contribution in [0, 0.1) is 0 Å². The first-order chi connectivity index (χ1) is 8.49. The van der Waals surface area contributed by atoms with E-state index in [-0.39, 0.29) is 12.2 Å². The lowest BCUT2D eigenvalue weighted by atomic mass is 10.1. The van der Waals surface area contributed by atoms with Crippen molar-refractivity contribution in [3.05, 3.63) is 45.8 Å². The summed E-state index contributed by atoms with van der Waals surface area (Å²) < 4.78 is 37.3. The number of hydrogen-bond donors (Lipinski definition) is 2. The Hall–Kier alpha value is -2.18. The average molecular weight is 257 g/mol. The molecule has 0 bridgehead atoms. The van der Waals surface area contributed by atoms with Gasteiger partial charge in [-0.3, -0.25) is 5.84 Å². The van der Waals surface area contributed by atoms with E-state index in [1.165, 1.54) is 18.2 Å². The van der Waals surface area contributed by atoms with Crippen molar-refractivity contribution in [2.24, 2.45) is 11.0 Å². The van der Waals surface area contributed by atoms with Crippen LogP contribution < -0.4 is 11.3 Å². The second-order valence-corrected chi connectivity index (χ2v) is 3.26. The van der Waals surface area contributed by atoms with Crippen molar-refractivity contribution in [1.82, 2.24) is 0 Å². The number of nitrogens with one attached hydrogen (secondary N) is 1. The van der Waals surface area contributed by atoms with Crippen LogP contribution in [0.15, 0.2) is 29.4 Å². The van der Waals surface area contributed by atoms with Crippen molar-refractivity contribution < 1.29 is 13.2 Å². The van der Waals surface area contributed by atoms with Crippen LogP contribution in [-0.4, -0.2) is 6.54 Å². The summed E-state index contributed by atoms with van der Waals surface area (Å²) in [4.78, 5) is 2.54. The van der Waals surface area contributed by atoms with Gasteiger partial charge in [-0.05, 0) is 23.2 Å². The quantitative estimate of drug-likeness (QED) is 0.285. The van der Waals surface area contributed by atoms with Gasteiger partial charge in [-0.1, -0.05) is 23.3 Å². The zero-order chi connectivity index (χ0) is 13.6. The highest BCUT2D eigenvalue weighted by Gasteiger charge is 2.30. The lowest BCUT2D eigenvalue weighted by Gasteiger charge is -2.11. The first kappa shape index (κ1) is 13.9. The number of azide groups is 1. The van der Waals surface area contributed by atoms with Crippen molar-refractivity contribution in [3.8, 4) is 0 Å². The lowest BCUT2D eigenvalue weighted by Crippen LogP contribution is -2.11. The van der Waals surface area contributed by atoms with Gasteiger partial charge < -0.3 is 5.43 Å². The number of anilines is 1. The molecule has 0 radical (unpaired) electrons. The molecular weight excluding hydrogens is 247 g/mol. The standard InChI is InChI=1S/C10H10F3N5/c11-10(12,13)8-4-3-7(9(6-8)17-14)2-1-5-16-18-15/h1-4,6,17H,5,14H2. The third-order valence-corrected chi connectivity index (χ3v) is 2.08. The Morgan fingerprint density at radius 1 is 1.44 bits per heavy atom. The first-order valence-electron chi connectivity index (χ1n) is 4.84. The molecule has 1 aromatic carbocycles. The highest BCUT2D eigenvalue weighted by Crippen LogP contribution is 2.32. The van der Waals surface area contributed by atoms with Crippen molar-refractivity contribution in [3.63, 3.8) is 0 Å². The van der Waals surface area contributed by atoms with E-state index in [9.17, 15) is 13.2 Å². The maximum atomic E-state index is 12.4. The van der Waals surface area contributed by atoms with Crippen LogP contribution in [-0.2, 0) is 6.18 Å². The second-order valence-electron chi connectivity index (χ2n) is 3.26. The van der Waals surface area contributed by atoms with Gasteiger partial charge in [0.25, 0.3) is 0 Å². The second kappa shape index (κ2) is 5.95. The van der Waals surface area contributed by atoms with E-state index < -0.39 is 11.7 Å². The lowest BCUT2D eigenvalue weighted by molar-refractivity contribution is -0.137. The Bertz CT molecular complexity index is 489. The number of rotatable bonds is 4. The van der Waals surface area contributed by atoms with Gasteiger partial charge in [0.15, 0.2) is 0 Å². The number of benzene rings is 1. The Balaban J connectivity index is 3.00. The molecule has 18 heavy (non-hydrogen) atoms. The van der Waals surface area contributed by atoms with Crippen LogP contribution in [0.4, 0.5) is 18.9 Å². The molecule has 0 aliphatic heterocycles. The molecule has 0 spiro atoms. The minimum atomic E-state index is -4.42. The zero-order valence-corrected chi connectivity index (χ0v) is 9.15. The van der Waals surface area contributed by atoms with E-state index in [1.807, 2.05) is 0 Å². The molecule has 1 aromatic rings. The number of alkyl halides is 3. The fourth-order valence-corrected chi connectivity index (χ4v) is 1.27. The Kier molecular flexibility index (Phi) is 4.59. The van der Waals surface area contributed by atoms with Crippen molar-refractivity contribution >= 4 is 11.8 Å². The maximum absolute atomic E-state index is 12.4. The summed E-state index contributed by atoms with van der Waals surface area (Å²) in [5.41, 5.74) is 10.1. The molecule has 0 aliphatic rings. The highest BCUT2D eigenvalue weighted by molar-refractivity contribution is 5.67. The molecule has 0 aromatic heterocycles. The molecule has 0 saturated carbocycles. The summed E-state index contributed by atoms with van der Waals surface area (Å²) in [6.07, 6.45) is -1.38. The van der Waals surface area contributed by atoms with E-state index >= 15 is 0 Å². The zero-order valence-electron chi connectivity index (χ0n) is 9.15. The van der Waals surface area contributed by atoms with Crippen LogP contribution in [0.5, 0.6) is 0 Å². The van der Waals surface area contributed by atoms with E-state index in [1.54, 1.807) is 0 Å². The van der Waals surface area contributed by atoms with Gasteiger partial charge in [-0.25, -0.2) is 0 Å². The molecule has 0 fully saturated rings. The van der Waals surface area contributed by atoms with Crippen LogP contribution in [0.25, 0.3) is 16.5 Å². The Morgan fingerprint density at radius 2 is 2.17 bits per heavy atom. The molecule has 5 nitrogen and oxygen atoms in total. The largest absolute Gasteiger partial charge is 0.416 e. The SMILES string of the molecule is [N-]=[N+]=NCC=Cc1ccc(C(F)(F)F)cc1NN. The predicted molar refractivity (Wildman–Crippen MR) is 62.3 cm³/mol. The number of nitrogens with two attached hydrogens (primary N) is 1. The fraction of sp³-hybridized carbons (Fsp3) is 0.200. The van der Waals surface area contributed by atoms with Gasteiger partial charge in [0.05, 0.1) is 11.3 Å². The topological polar surface area (TPSA) is 86.8 Å². The van der Waals surface area contributed by atoms with E-state index in [2.05, 4.69) is 15.5 Å². The van der Waals surface area contributed by atoms with Gasteiger partial charge in [-0.2, -0.15) is 13.2 Å². The van der Waals surface area contributed by atoms with Crippen LogP contribution in [0.3, 0.4) is 0 Å². The third-order valence-electron chi connectivity index (χ3n) is 2.08. The van der Waals surface area contributed by atoms with Crippen molar-refractivity contribution in [1.29, 1.82) is 0 Å². The number of nitrogen functional groups attached to an aromatic ring is 1. The predicted octanol–water partition coefficient (Wildman–Crippen LogP) is 3.31. The molecule has 8 heteroatoms. The van der Waals surface area contributed by atoms with Gasteiger partial charge in [-0.15, -0.1) is 0 Å². The smallest absolute Gasteiger partial charge is 0.324 e. The van der Waals surface area contributed by atoms with Crippen molar-refractivity contribution in [2.75, 3.05) is 12.0 Å². The normalized spacial score (nSPS) is 11.3. The molecule has 0 atom stereocenters. The summed E-state index contributed by atoms with van der Waals surface area (Å²) >= 11 is 0. The number of hydrazine groups is 1. The summed E-state index contributed by atoms with van der Waals surface area (Å²) in [5.74, 6) is 5.16. The third kappa shape index (κ3) is 3.69. The Labute approximate surface area is 101 Å². The van der Waals surface area contributed by atoms with Crippen molar-refractivity contribution in [2.45, 2.75) is 6.18 Å². The van der Waals surface area contributed by atoms with Gasteiger partial charge in [0.1, 0.15) is 0 Å². The van der Waals surface area contributed by atoms with E-state index in [0.717, 1.165) is 12.1 Å². The molecule has 0 amide bonds. The van der Waals surface area contributed by atoms with Crippen LogP contribution in [0.2, 0.25) is 0 Å². The summed E-state index contributed by atoms with van der Waals surface area (Å²) in [5, 5.41) is 3.26. The summed E-state index contributed by atoms with van der Waals surface area (Å²) in [6, 6.07) is 3.14. The maximum Gasteiger partial charge on any atom is 0.416 e. The number of hydrogen-bond acceptors (Lipinski definition) is 3.